The zero-order chi connectivity index (χ0) is 59.2. The Morgan fingerprint density at radius 2 is 0.573 bits per heavy atom. The van der Waals surface area contributed by atoms with Crippen LogP contribution in [0.3, 0.4) is 0 Å². The first kappa shape index (κ1) is 80.3. The normalized spacial score (nSPS) is 12.6. The van der Waals surface area contributed by atoms with Crippen molar-refractivity contribution in [3.8, 4) is 0 Å². The Bertz CT molecular complexity index is 1280. The van der Waals surface area contributed by atoms with Gasteiger partial charge in [-0.25, -0.2) is 0 Å². The maximum Gasteiger partial charge on any atom is 0.305 e. The highest BCUT2D eigenvalue weighted by atomic mass is 16.5. The van der Waals surface area contributed by atoms with Crippen LogP contribution in [0.4, 0.5) is 0 Å². The van der Waals surface area contributed by atoms with E-state index in [2.05, 4.69) is 31.3 Å². The van der Waals surface area contributed by atoms with Gasteiger partial charge in [-0.15, -0.1) is 0 Å². The third-order valence-corrected chi connectivity index (χ3v) is 17.7. The van der Waals surface area contributed by atoms with Gasteiger partial charge in [0.1, 0.15) is 0 Å². The number of hydrogen-bond acceptors (Lipinski definition) is 5. The molecule has 82 heavy (non-hydrogen) atoms. The summed E-state index contributed by atoms with van der Waals surface area (Å²) in [4.78, 5) is 24.7. The van der Waals surface area contributed by atoms with Gasteiger partial charge in [0.15, 0.2) is 0 Å². The van der Waals surface area contributed by atoms with Crippen molar-refractivity contribution in [3.63, 3.8) is 0 Å². The minimum Gasteiger partial charge on any atom is -0.466 e. The van der Waals surface area contributed by atoms with Crippen LogP contribution in [0.15, 0.2) is 24.3 Å². The van der Waals surface area contributed by atoms with E-state index in [9.17, 15) is 19.8 Å². The molecule has 0 heterocycles. The van der Waals surface area contributed by atoms with Gasteiger partial charge in [-0.3, -0.25) is 9.59 Å². The molecule has 0 aliphatic heterocycles. The van der Waals surface area contributed by atoms with E-state index in [0.29, 0.717) is 19.4 Å². The smallest absolute Gasteiger partial charge is 0.305 e. The van der Waals surface area contributed by atoms with Crippen LogP contribution in [0.5, 0.6) is 0 Å². The summed E-state index contributed by atoms with van der Waals surface area (Å²) in [6.45, 7) is 4.94. The van der Waals surface area contributed by atoms with Crippen molar-refractivity contribution >= 4 is 11.9 Å². The predicted octanol–water partition coefficient (Wildman–Crippen LogP) is 24.5. The highest BCUT2D eigenvalue weighted by molar-refractivity contribution is 5.76. The Labute approximate surface area is 513 Å². The van der Waals surface area contributed by atoms with Gasteiger partial charge in [0.05, 0.1) is 25.4 Å². The number of carbonyl (C=O) groups is 2. The molecule has 0 aliphatic rings. The summed E-state index contributed by atoms with van der Waals surface area (Å²) in [5.41, 5.74) is 0. The SMILES string of the molecule is CCCCCCCC/C=C\CCCCCCCCCC(=O)OCCCCCCCCCCCCCCCCCCCCCCCCCC(=O)NC(CO)C(O)/C=C/CCCCCCCCCCCCCCCCCCCCCCCCC. The molecule has 0 saturated heterocycles. The van der Waals surface area contributed by atoms with Gasteiger partial charge >= 0.3 is 5.97 Å². The van der Waals surface area contributed by atoms with Gasteiger partial charge in [-0.1, -0.05) is 378 Å². The molecule has 0 saturated carbocycles. The molecule has 6 nitrogen and oxygen atoms in total. The van der Waals surface area contributed by atoms with Crippen LogP contribution in [0, 0.1) is 0 Å². The number of esters is 1. The molecule has 2 unspecified atom stereocenters. The van der Waals surface area contributed by atoms with Crippen LogP contribution in [-0.2, 0) is 14.3 Å². The summed E-state index contributed by atoms with van der Waals surface area (Å²) >= 11 is 0. The van der Waals surface area contributed by atoms with E-state index in [0.717, 1.165) is 44.9 Å². The fourth-order valence-electron chi connectivity index (χ4n) is 12.0. The maximum absolute atomic E-state index is 12.5. The highest BCUT2D eigenvalue weighted by Gasteiger charge is 2.18. The van der Waals surface area contributed by atoms with E-state index in [1.54, 1.807) is 6.08 Å². The first-order chi connectivity index (χ1) is 40.5. The van der Waals surface area contributed by atoms with E-state index < -0.39 is 12.1 Å². The van der Waals surface area contributed by atoms with E-state index >= 15 is 0 Å². The molecule has 3 N–H and O–H groups in total. The summed E-state index contributed by atoms with van der Waals surface area (Å²) < 4.78 is 5.50. The summed E-state index contributed by atoms with van der Waals surface area (Å²) in [5, 5.41) is 23.3. The molecule has 0 aromatic carbocycles. The lowest BCUT2D eigenvalue weighted by Gasteiger charge is -2.20. The lowest BCUT2D eigenvalue weighted by Crippen LogP contribution is -2.45. The second-order valence-corrected chi connectivity index (χ2v) is 26.0. The van der Waals surface area contributed by atoms with Gasteiger partial charge in [0.2, 0.25) is 5.91 Å². The van der Waals surface area contributed by atoms with Crippen molar-refractivity contribution < 1.29 is 24.5 Å². The number of amides is 1. The molecule has 1 amide bonds. The molecule has 0 aliphatic carbocycles. The Hall–Kier alpha value is -1.66. The van der Waals surface area contributed by atoms with Crippen LogP contribution >= 0.6 is 0 Å². The molecule has 2 atom stereocenters. The third kappa shape index (κ3) is 67.5. The second-order valence-electron chi connectivity index (χ2n) is 26.0. The number of allylic oxidation sites excluding steroid dienone is 3. The number of ether oxygens (including phenoxy) is 1. The average Bonchev–Trinajstić information content (AvgIpc) is 3.48. The van der Waals surface area contributed by atoms with Crippen LogP contribution in [0.25, 0.3) is 0 Å². The minimum absolute atomic E-state index is 0.0117. The number of aliphatic hydroxyl groups excluding tert-OH is 2. The number of hydrogen-bond donors (Lipinski definition) is 3. The maximum atomic E-state index is 12.5. The predicted molar refractivity (Wildman–Crippen MR) is 361 cm³/mol. The van der Waals surface area contributed by atoms with Crippen LogP contribution in [0.1, 0.15) is 425 Å². The van der Waals surface area contributed by atoms with E-state index in [1.165, 1.54) is 353 Å². The van der Waals surface area contributed by atoms with Gasteiger partial charge in [0.25, 0.3) is 0 Å². The Morgan fingerprint density at radius 1 is 0.329 bits per heavy atom. The van der Waals surface area contributed by atoms with Gasteiger partial charge in [0, 0.05) is 12.8 Å². The summed E-state index contributed by atoms with van der Waals surface area (Å²) in [7, 11) is 0. The molecule has 0 rings (SSSR count). The zero-order valence-electron chi connectivity index (χ0n) is 55.8. The monoisotopic (exact) mass is 1150 g/mol. The summed E-state index contributed by atoms with van der Waals surface area (Å²) in [6.07, 6.45) is 91.3. The molecule has 0 aromatic rings. The van der Waals surface area contributed by atoms with Crippen molar-refractivity contribution in [1.82, 2.24) is 5.32 Å². The molecule has 0 bridgehead atoms. The lowest BCUT2D eigenvalue weighted by atomic mass is 10.0. The molecular formula is C76H147NO5. The lowest BCUT2D eigenvalue weighted by molar-refractivity contribution is -0.143. The van der Waals surface area contributed by atoms with Crippen molar-refractivity contribution in [3.05, 3.63) is 24.3 Å². The van der Waals surface area contributed by atoms with E-state index in [1.807, 2.05) is 6.08 Å². The average molecular weight is 1160 g/mol. The van der Waals surface area contributed by atoms with Gasteiger partial charge in [-0.05, 0) is 57.8 Å². The Kier molecular flexibility index (Phi) is 70.4. The first-order valence-corrected chi connectivity index (χ1v) is 37.6. The van der Waals surface area contributed by atoms with Gasteiger partial charge in [-0.2, -0.15) is 0 Å². The molecule has 0 radical (unpaired) electrons. The second kappa shape index (κ2) is 71.8. The topological polar surface area (TPSA) is 95.9 Å². The van der Waals surface area contributed by atoms with E-state index in [-0.39, 0.29) is 18.5 Å². The molecular weight excluding hydrogens is 1010 g/mol. The number of unbranched alkanes of at least 4 members (excludes halogenated alkanes) is 58. The zero-order valence-corrected chi connectivity index (χ0v) is 55.8. The summed E-state index contributed by atoms with van der Waals surface area (Å²) in [5.74, 6) is -0.0507. The van der Waals surface area contributed by atoms with Crippen LogP contribution in [0.2, 0.25) is 0 Å². The van der Waals surface area contributed by atoms with Crippen molar-refractivity contribution in [2.75, 3.05) is 13.2 Å². The fourth-order valence-corrected chi connectivity index (χ4v) is 12.0. The molecule has 0 aromatic heterocycles. The van der Waals surface area contributed by atoms with Crippen LogP contribution < -0.4 is 5.32 Å². The first-order valence-electron chi connectivity index (χ1n) is 37.6. The van der Waals surface area contributed by atoms with Gasteiger partial charge < -0.3 is 20.3 Å². The number of nitrogens with one attached hydrogen (secondary N) is 1. The standard InChI is InChI=1S/C76H147NO5/c1-3-5-7-9-11-13-15-17-19-21-22-23-24-25-27-30-33-37-40-44-48-52-56-60-64-68-74(79)73(72-78)77-75(80)69-65-61-57-53-49-45-41-38-34-31-28-26-29-32-35-39-43-47-51-55-59-63-67-71-82-76(81)70-66-62-58-54-50-46-42-36-20-18-16-14-12-10-8-6-4-2/h18,20,64,68,73-74,78-79H,3-17,19,21-63,65-67,69-72H2,1-2H3,(H,77,80)/b20-18-,68-64+. The molecule has 486 valence electrons. The Balaban J connectivity index is 3.39. The summed E-state index contributed by atoms with van der Waals surface area (Å²) in [6, 6.07) is -0.629. The number of carbonyl (C=O) groups excluding carboxylic acids is 2. The molecule has 6 heteroatoms. The molecule has 0 fully saturated rings. The van der Waals surface area contributed by atoms with E-state index in [4.69, 9.17) is 4.74 Å². The Morgan fingerprint density at radius 3 is 0.866 bits per heavy atom. The van der Waals surface area contributed by atoms with Crippen LogP contribution in [-0.4, -0.2) is 47.4 Å². The highest BCUT2D eigenvalue weighted by Crippen LogP contribution is 2.19. The minimum atomic E-state index is -0.846. The molecule has 0 spiro atoms. The number of aliphatic hydroxyl groups is 2. The van der Waals surface area contributed by atoms with Crippen molar-refractivity contribution in [2.24, 2.45) is 0 Å². The quantitative estimate of drug-likeness (QED) is 0.0320. The van der Waals surface area contributed by atoms with Crippen molar-refractivity contribution in [2.45, 2.75) is 437 Å². The van der Waals surface area contributed by atoms with Crippen molar-refractivity contribution in [1.29, 1.82) is 0 Å². The number of rotatable bonds is 71. The fraction of sp³-hybridized carbons (Fsp3) is 0.921. The third-order valence-electron chi connectivity index (χ3n) is 17.7. The largest absolute Gasteiger partial charge is 0.466 e.